The van der Waals surface area contributed by atoms with Gasteiger partial charge in [0.2, 0.25) is 0 Å². The molecular weight excluding hydrogens is 162 g/mol. The Morgan fingerprint density at radius 1 is 1.54 bits per heavy atom. The van der Waals surface area contributed by atoms with Crippen LogP contribution in [0.15, 0.2) is 0 Å². The summed E-state index contributed by atoms with van der Waals surface area (Å²) in [6.07, 6.45) is 3.99. The molecule has 2 nitrogen and oxygen atoms in total. The summed E-state index contributed by atoms with van der Waals surface area (Å²) < 4.78 is 0. The van der Waals surface area contributed by atoms with E-state index in [1.54, 1.807) is 0 Å². The Morgan fingerprint density at radius 3 is 2.69 bits per heavy atom. The Kier molecular flexibility index (Phi) is 4.43. The highest BCUT2D eigenvalue weighted by molar-refractivity contribution is 5.79. The molecule has 1 N–H and O–H groups in total. The first-order chi connectivity index (χ1) is 6.22. The van der Waals surface area contributed by atoms with Crippen LogP contribution in [0, 0.1) is 11.8 Å². The van der Waals surface area contributed by atoms with Gasteiger partial charge in [0, 0.05) is 12.8 Å². The molecule has 1 aliphatic heterocycles. The smallest absolute Gasteiger partial charge is 0.133 e. The van der Waals surface area contributed by atoms with Crippen LogP contribution in [0.1, 0.15) is 39.5 Å². The standard InChI is InChI=1S/C11H21NO/c1-3-4-9(2)5-11(13)6-10-7-12-8-10/h9-10,12H,3-8H2,1-2H3. The molecule has 0 radical (unpaired) electrons. The third kappa shape index (κ3) is 3.90. The zero-order chi connectivity index (χ0) is 9.68. The highest BCUT2D eigenvalue weighted by Crippen LogP contribution is 2.15. The van der Waals surface area contributed by atoms with E-state index in [-0.39, 0.29) is 0 Å². The molecule has 76 valence electrons. The molecule has 0 aliphatic carbocycles. The monoisotopic (exact) mass is 183 g/mol. The van der Waals surface area contributed by atoms with Gasteiger partial charge in [0.15, 0.2) is 0 Å². The summed E-state index contributed by atoms with van der Waals surface area (Å²) in [6.45, 7) is 6.46. The van der Waals surface area contributed by atoms with Gasteiger partial charge in [-0.25, -0.2) is 0 Å². The summed E-state index contributed by atoms with van der Waals surface area (Å²) in [4.78, 5) is 11.5. The zero-order valence-electron chi connectivity index (χ0n) is 8.81. The largest absolute Gasteiger partial charge is 0.316 e. The summed E-state index contributed by atoms with van der Waals surface area (Å²) in [7, 11) is 0. The fourth-order valence-electron chi connectivity index (χ4n) is 1.88. The van der Waals surface area contributed by atoms with Gasteiger partial charge in [-0.3, -0.25) is 4.79 Å². The maximum atomic E-state index is 11.5. The van der Waals surface area contributed by atoms with E-state index in [9.17, 15) is 4.79 Å². The number of carbonyl (C=O) groups is 1. The van der Waals surface area contributed by atoms with Gasteiger partial charge < -0.3 is 5.32 Å². The van der Waals surface area contributed by atoms with Gasteiger partial charge in [-0.15, -0.1) is 0 Å². The molecule has 1 fully saturated rings. The lowest BCUT2D eigenvalue weighted by Gasteiger charge is -2.26. The van der Waals surface area contributed by atoms with Gasteiger partial charge in [-0.1, -0.05) is 26.7 Å². The number of hydrogen-bond donors (Lipinski definition) is 1. The maximum absolute atomic E-state index is 11.5. The lowest BCUT2D eigenvalue weighted by atomic mass is 9.91. The van der Waals surface area contributed by atoms with Gasteiger partial charge >= 0.3 is 0 Å². The third-order valence-electron chi connectivity index (χ3n) is 2.74. The first-order valence-electron chi connectivity index (χ1n) is 5.44. The molecular formula is C11H21NO. The van der Waals surface area contributed by atoms with E-state index in [0.29, 0.717) is 17.6 Å². The molecule has 1 rings (SSSR count). The minimum atomic E-state index is 0.465. The highest BCUT2D eigenvalue weighted by Gasteiger charge is 2.20. The molecule has 0 amide bonds. The lowest BCUT2D eigenvalue weighted by molar-refractivity contribution is -0.121. The van der Waals surface area contributed by atoms with Gasteiger partial charge in [0.1, 0.15) is 5.78 Å². The second kappa shape index (κ2) is 5.38. The number of ketones is 1. The zero-order valence-corrected chi connectivity index (χ0v) is 8.81. The van der Waals surface area contributed by atoms with Crippen LogP contribution in [0.25, 0.3) is 0 Å². The fourth-order valence-corrected chi connectivity index (χ4v) is 1.88. The Bertz CT molecular complexity index is 163. The van der Waals surface area contributed by atoms with E-state index >= 15 is 0 Å². The third-order valence-corrected chi connectivity index (χ3v) is 2.74. The predicted octanol–water partition coefficient (Wildman–Crippen LogP) is 1.99. The number of hydrogen-bond acceptors (Lipinski definition) is 2. The Balaban J connectivity index is 2.08. The van der Waals surface area contributed by atoms with Crippen molar-refractivity contribution in [2.75, 3.05) is 13.1 Å². The molecule has 0 spiro atoms. The van der Waals surface area contributed by atoms with Gasteiger partial charge in [0.25, 0.3) is 0 Å². The molecule has 1 heterocycles. The molecule has 2 heteroatoms. The predicted molar refractivity (Wildman–Crippen MR) is 54.7 cm³/mol. The van der Waals surface area contributed by atoms with Crippen molar-refractivity contribution in [2.45, 2.75) is 39.5 Å². The average molecular weight is 183 g/mol. The molecule has 0 bridgehead atoms. The molecule has 1 aliphatic rings. The minimum absolute atomic E-state index is 0.465. The summed E-state index contributed by atoms with van der Waals surface area (Å²) in [5.41, 5.74) is 0. The van der Waals surface area contributed by atoms with Crippen molar-refractivity contribution < 1.29 is 4.79 Å². The van der Waals surface area contributed by atoms with Crippen molar-refractivity contribution in [3.8, 4) is 0 Å². The summed E-state index contributed by atoms with van der Waals surface area (Å²) in [6, 6.07) is 0. The number of nitrogens with one attached hydrogen (secondary N) is 1. The summed E-state index contributed by atoms with van der Waals surface area (Å²) in [5.74, 6) is 1.69. The van der Waals surface area contributed by atoms with Crippen LogP contribution >= 0.6 is 0 Å². The second-order valence-corrected chi connectivity index (χ2v) is 4.37. The molecule has 13 heavy (non-hydrogen) atoms. The fraction of sp³-hybridized carbons (Fsp3) is 0.909. The van der Waals surface area contributed by atoms with Crippen molar-refractivity contribution in [3.05, 3.63) is 0 Å². The summed E-state index contributed by atoms with van der Waals surface area (Å²) >= 11 is 0. The van der Waals surface area contributed by atoms with E-state index in [4.69, 9.17) is 0 Å². The van der Waals surface area contributed by atoms with E-state index < -0.39 is 0 Å². The van der Waals surface area contributed by atoms with Gasteiger partial charge in [0.05, 0.1) is 0 Å². The molecule has 0 aromatic rings. The van der Waals surface area contributed by atoms with Crippen LogP contribution in [0.5, 0.6) is 0 Å². The van der Waals surface area contributed by atoms with E-state index in [1.165, 1.54) is 12.8 Å². The van der Waals surface area contributed by atoms with E-state index in [2.05, 4.69) is 19.2 Å². The van der Waals surface area contributed by atoms with Crippen molar-refractivity contribution >= 4 is 5.78 Å². The van der Waals surface area contributed by atoms with Crippen molar-refractivity contribution in [1.29, 1.82) is 0 Å². The van der Waals surface area contributed by atoms with Crippen LogP contribution in [0.4, 0.5) is 0 Å². The maximum Gasteiger partial charge on any atom is 0.133 e. The Labute approximate surface area is 81.1 Å². The van der Waals surface area contributed by atoms with Crippen LogP contribution in [0.2, 0.25) is 0 Å². The Morgan fingerprint density at radius 2 is 2.23 bits per heavy atom. The SMILES string of the molecule is CCCC(C)CC(=O)CC1CNC1. The van der Waals surface area contributed by atoms with Gasteiger partial charge in [-0.2, -0.15) is 0 Å². The second-order valence-electron chi connectivity index (χ2n) is 4.37. The first kappa shape index (κ1) is 10.7. The van der Waals surface area contributed by atoms with Crippen LogP contribution in [-0.2, 0) is 4.79 Å². The Hall–Kier alpha value is -0.370. The number of Topliss-reactive ketones (excluding diaryl/α,β-unsaturated/α-hetero) is 1. The van der Waals surface area contributed by atoms with Crippen molar-refractivity contribution in [3.63, 3.8) is 0 Å². The molecule has 0 saturated carbocycles. The quantitative estimate of drug-likeness (QED) is 0.682. The van der Waals surface area contributed by atoms with Crippen molar-refractivity contribution in [2.24, 2.45) is 11.8 Å². The minimum Gasteiger partial charge on any atom is -0.316 e. The molecule has 1 saturated heterocycles. The number of carbonyl (C=O) groups excluding carboxylic acids is 1. The molecule has 1 atom stereocenters. The molecule has 1 unspecified atom stereocenters. The number of rotatable bonds is 6. The topological polar surface area (TPSA) is 29.1 Å². The molecule has 0 aromatic heterocycles. The summed E-state index contributed by atoms with van der Waals surface area (Å²) in [5, 5.41) is 3.19. The van der Waals surface area contributed by atoms with Crippen LogP contribution in [-0.4, -0.2) is 18.9 Å². The van der Waals surface area contributed by atoms with Crippen LogP contribution < -0.4 is 5.32 Å². The van der Waals surface area contributed by atoms with E-state index in [0.717, 1.165) is 25.9 Å². The van der Waals surface area contributed by atoms with Crippen LogP contribution in [0.3, 0.4) is 0 Å². The normalized spacial score (nSPS) is 19.5. The molecule has 0 aromatic carbocycles. The first-order valence-corrected chi connectivity index (χ1v) is 5.44. The van der Waals surface area contributed by atoms with Gasteiger partial charge in [-0.05, 0) is 24.9 Å². The highest BCUT2D eigenvalue weighted by atomic mass is 16.1. The van der Waals surface area contributed by atoms with E-state index in [1.807, 2.05) is 0 Å². The van der Waals surface area contributed by atoms with Crippen molar-refractivity contribution in [1.82, 2.24) is 5.32 Å². The lowest BCUT2D eigenvalue weighted by Crippen LogP contribution is -2.43. The average Bonchev–Trinajstić information content (AvgIpc) is 1.97.